The number of rotatable bonds is 4. The first-order valence-electron chi connectivity index (χ1n) is 9.00. The Kier molecular flexibility index (Phi) is 7.32. The Labute approximate surface area is 163 Å². The maximum absolute atomic E-state index is 12.0. The summed E-state index contributed by atoms with van der Waals surface area (Å²) in [5, 5.41) is 5.88. The maximum atomic E-state index is 12.0. The average Bonchev–Trinajstić information content (AvgIpc) is 2.56. The van der Waals surface area contributed by atoms with Crippen molar-refractivity contribution in [3.8, 4) is 0 Å². The minimum Gasteiger partial charge on any atom is -0.444 e. The molecule has 1 fully saturated rings. The van der Waals surface area contributed by atoms with Crippen molar-refractivity contribution in [3.63, 3.8) is 0 Å². The van der Waals surface area contributed by atoms with E-state index in [1.54, 1.807) is 4.90 Å². The van der Waals surface area contributed by atoms with E-state index in [0.29, 0.717) is 19.6 Å². The highest BCUT2D eigenvalue weighted by atomic mass is 79.9. The van der Waals surface area contributed by atoms with Crippen LogP contribution < -0.4 is 10.6 Å². The summed E-state index contributed by atoms with van der Waals surface area (Å²) in [6.07, 6.45) is 1.98. The van der Waals surface area contributed by atoms with Crippen molar-refractivity contribution in [1.29, 1.82) is 0 Å². The van der Waals surface area contributed by atoms with Gasteiger partial charge in [-0.1, -0.05) is 28.1 Å². The van der Waals surface area contributed by atoms with E-state index in [9.17, 15) is 9.59 Å². The van der Waals surface area contributed by atoms with Gasteiger partial charge in [0, 0.05) is 30.1 Å². The Bertz CT molecular complexity index is 605. The lowest BCUT2D eigenvalue weighted by molar-refractivity contribution is 0.0201. The summed E-state index contributed by atoms with van der Waals surface area (Å²) >= 11 is 3.41. The Morgan fingerprint density at radius 2 is 1.81 bits per heavy atom. The molecule has 6 nitrogen and oxygen atoms in total. The normalized spacial score (nSPS) is 15.5. The SMILES string of the molecule is CC(C)(C)OC(=O)N1CCC(NC(=O)NCCc2ccc(Br)cc2)CC1. The summed E-state index contributed by atoms with van der Waals surface area (Å²) < 4.78 is 6.43. The molecule has 0 atom stereocenters. The van der Waals surface area contributed by atoms with Crippen LogP contribution in [0.25, 0.3) is 0 Å². The van der Waals surface area contributed by atoms with E-state index in [-0.39, 0.29) is 18.2 Å². The van der Waals surface area contributed by atoms with Crippen LogP contribution in [0.5, 0.6) is 0 Å². The zero-order valence-electron chi connectivity index (χ0n) is 15.7. The number of ether oxygens (including phenoxy) is 1. The van der Waals surface area contributed by atoms with E-state index in [0.717, 1.165) is 23.7 Å². The third-order valence-electron chi connectivity index (χ3n) is 4.09. The van der Waals surface area contributed by atoms with Gasteiger partial charge in [0.25, 0.3) is 0 Å². The molecule has 0 aliphatic carbocycles. The van der Waals surface area contributed by atoms with Gasteiger partial charge in [-0.2, -0.15) is 0 Å². The first kappa shape index (κ1) is 20.6. The zero-order chi connectivity index (χ0) is 19.2. The van der Waals surface area contributed by atoms with Gasteiger partial charge in [0.15, 0.2) is 0 Å². The Morgan fingerprint density at radius 3 is 2.38 bits per heavy atom. The minimum absolute atomic E-state index is 0.0846. The van der Waals surface area contributed by atoms with E-state index in [1.807, 2.05) is 45.0 Å². The number of nitrogens with one attached hydrogen (secondary N) is 2. The monoisotopic (exact) mass is 425 g/mol. The molecule has 0 aromatic heterocycles. The van der Waals surface area contributed by atoms with Crippen LogP contribution in [0.4, 0.5) is 9.59 Å². The van der Waals surface area contributed by atoms with Gasteiger partial charge in [-0.25, -0.2) is 9.59 Å². The highest BCUT2D eigenvalue weighted by molar-refractivity contribution is 9.10. The lowest BCUT2D eigenvalue weighted by Gasteiger charge is -2.33. The molecule has 7 heteroatoms. The fraction of sp³-hybridized carbons (Fsp3) is 0.579. The predicted octanol–water partition coefficient (Wildman–Crippen LogP) is 3.69. The summed E-state index contributed by atoms with van der Waals surface area (Å²) in [6, 6.07) is 7.99. The van der Waals surface area contributed by atoms with E-state index in [2.05, 4.69) is 26.6 Å². The lowest BCUT2D eigenvalue weighted by Crippen LogP contribution is -2.50. The largest absolute Gasteiger partial charge is 0.444 e. The number of piperidine rings is 1. The molecule has 26 heavy (non-hydrogen) atoms. The smallest absolute Gasteiger partial charge is 0.410 e. The standard InChI is InChI=1S/C19H28BrN3O3/c1-19(2,3)26-18(25)23-12-9-16(10-13-23)22-17(24)21-11-8-14-4-6-15(20)7-5-14/h4-7,16H,8-13H2,1-3H3,(H2,21,22,24). The summed E-state index contributed by atoms with van der Waals surface area (Å²) in [6.45, 7) is 7.36. The van der Waals surface area contributed by atoms with Crippen molar-refractivity contribution in [2.75, 3.05) is 19.6 Å². The van der Waals surface area contributed by atoms with Crippen LogP contribution in [0.15, 0.2) is 28.7 Å². The molecule has 0 saturated carbocycles. The number of hydrogen-bond acceptors (Lipinski definition) is 3. The fourth-order valence-electron chi connectivity index (χ4n) is 2.74. The molecule has 3 amide bonds. The average molecular weight is 426 g/mol. The number of likely N-dealkylation sites (tertiary alicyclic amines) is 1. The molecule has 0 radical (unpaired) electrons. The molecule has 1 aliphatic heterocycles. The van der Waals surface area contributed by atoms with Crippen LogP contribution in [0, 0.1) is 0 Å². The summed E-state index contributed by atoms with van der Waals surface area (Å²) in [4.78, 5) is 25.8. The van der Waals surface area contributed by atoms with Crippen molar-refractivity contribution in [3.05, 3.63) is 34.3 Å². The first-order chi connectivity index (χ1) is 12.2. The number of carbonyl (C=O) groups excluding carboxylic acids is 2. The molecule has 1 saturated heterocycles. The first-order valence-corrected chi connectivity index (χ1v) is 9.79. The Hall–Kier alpha value is -1.76. The molecule has 0 spiro atoms. The highest BCUT2D eigenvalue weighted by Gasteiger charge is 2.27. The van der Waals surface area contributed by atoms with Gasteiger partial charge in [-0.15, -0.1) is 0 Å². The Balaban J connectivity index is 1.64. The van der Waals surface area contributed by atoms with Gasteiger partial charge < -0.3 is 20.3 Å². The van der Waals surface area contributed by atoms with Crippen LogP contribution in [-0.4, -0.2) is 48.3 Å². The fourth-order valence-corrected chi connectivity index (χ4v) is 3.01. The van der Waals surface area contributed by atoms with Gasteiger partial charge in [-0.05, 0) is 57.7 Å². The van der Waals surface area contributed by atoms with Crippen molar-refractivity contribution in [2.45, 2.75) is 51.7 Å². The molecule has 0 unspecified atom stereocenters. The van der Waals surface area contributed by atoms with Gasteiger partial charge in [-0.3, -0.25) is 0 Å². The van der Waals surface area contributed by atoms with E-state index < -0.39 is 5.60 Å². The van der Waals surface area contributed by atoms with Crippen molar-refractivity contribution in [2.24, 2.45) is 0 Å². The maximum Gasteiger partial charge on any atom is 0.410 e. The van der Waals surface area contributed by atoms with Gasteiger partial charge in [0.2, 0.25) is 0 Å². The molecular weight excluding hydrogens is 398 g/mol. The third-order valence-corrected chi connectivity index (χ3v) is 4.62. The molecule has 2 rings (SSSR count). The quantitative estimate of drug-likeness (QED) is 0.772. The predicted molar refractivity (Wildman–Crippen MR) is 105 cm³/mol. The van der Waals surface area contributed by atoms with E-state index >= 15 is 0 Å². The Morgan fingerprint density at radius 1 is 1.19 bits per heavy atom. The van der Waals surface area contributed by atoms with Crippen molar-refractivity contribution >= 4 is 28.1 Å². The van der Waals surface area contributed by atoms with Crippen LogP contribution in [-0.2, 0) is 11.2 Å². The number of nitrogens with zero attached hydrogens (tertiary/aromatic N) is 1. The second kappa shape index (κ2) is 9.26. The summed E-state index contributed by atoms with van der Waals surface area (Å²) in [7, 11) is 0. The summed E-state index contributed by atoms with van der Waals surface area (Å²) in [5.41, 5.74) is 0.695. The second-order valence-corrected chi connectivity index (χ2v) is 8.43. The van der Waals surface area contributed by atoms with Crippen LogP contribution >= 0.6 is 15.9 Å². The van der Waals surface area contributed by atoms with Gasteiger partial charge in [0.1, 0.15) is 5.60 Å². The number of benzene rings is 1. The van der Waals surface area contributed by atoms with Gasteiger partial charge in [0.05, 0.1) is 0 Å². The number of carbonyl (C=O) groups is 2. The molecular formula is C19H28BrN3O3. The van der Waals surface area contributed by atoms with Crippen LogP contribution in [0.3, 0.4) is 0 Å². The molecule has 1 heterocycles. The van der Waals surface area contributed by atoms with E-state index in [1.165, 1.54) is 5.56 Å². The van der Waals surface area contributed by atoms with Crippen LogP contribution in [0.1, 0.15) is 39.2 Å². The molecule has 144 valence electrons. The third kappa shape index (κ3) is 7.23. The van der Waals surface area contributed by atoms with Gasteiger partial charge >= 0.3 is 12.1 Å². The lowest BCUT2D eigenvalue weighted by atomic mass is 10.1. The molecule has 2 N–H and O–H groups in total. The van der Waals surface area contributed by atoms with E-state index in [4.69, 9.17) is 4.74 Å². The second-order valence-electron chi connectivity index (χ2n) is 7.52. The molecule has 0 bridgehead atoms. The highest BCUT2D eigenvalue weighted by Crippen LogP contribution is 2.15. The van der Waals surface area contributed by atoms with Crippen molar-refractivity contribution < 1.29 is 14.3 Å². The van der Waals surface area contributed by atoms with Crippen molar-refractivity contribution in [1.82, 2.24) is 15.5 Å². The minimum atomic E-state index is -0.485. The van der Waals surface area contributed by atoms with Crippen LogP contribution in [0.2, 0.25) is 0 Å². The molecule has 1 aliphatic rings. The topological polar surface area (TPSA) is 70.7 Å². The summed E-state index contributed by atoms with van der Waals surface area (Å²) in [5.74, 6) is 0. The number of urea groups is 1. The number of halogens is 1. The number of hydrogen-bond donors (Lipinski definition) is 2. The zero-order valence-corrected chi connectivity index (χ0v) is 17.3. The number of amides is 3. The molecule has 1 aromatic rings. The molecule has 1 aromatic carbocycles.